The van der Waals surface area contributed by atoms with Gasteiger partial charge in [-0.1, -0.05) is 25.4 Å². The largest absolute Gasteiger partial charge is 0.341 e. The van der Waals surface area contributed by atoms with Gasteiger partial charge in [0, 0.05) is 33.4 Å². The summed E-state index contributed by atoms with van der Waals surface area (Å²) in [5.74, 6) is 1.06. The summed E-state index contributed by atoms with van der Waals surface area (Å²) in [6.45, 7) is 8.95. The molecule has 0 atom stereocenters. The molecule has 0 unspecified atom stereocenters. The van der Waals surface area contributed by atoms with Crippen LogP contribution in [0.15, 0.2) is 24.3 Å². The summed E-state index contributed by atoms with van der Waals surface area (Å²) < 4.78 is 2.42. The molecule has 1 aromatic carbocycles. The van der Waals surface area contributed by atoms with Crippen LogP contribution in [-0.2, 0) is 5.75 Å². The molecule has 2 rings (SSSR count). The van der Waals surface area contributed by atoms with Crippen molar-refractivity contribution in [1.29, 1.82) is 0 Å². The highest BCUT2D eigenvalue weighted by Crippen LogP contribution is 2.29. The van der Waals surface area contributed by atoms with Crippen molar-refractivity contribution in [3.8, 4) is 0 Å². The Morgan fingerprint density at radius 3 is 2.50 bits per heavy atom. The maximum absolute atomic E-state index is 6.07. The number of benzene rings is 1. The lowest BCUT2D eigenvalue weighted by atomic mass is 10.2. The average molecular weight is 282 g/mol. The average Bonchev–Trinajstić information content (AvgIpc) is 2.63. The van der Waals surface area contributed by atoms with Crippen LogP contribution in [-0.4, -0.2) is 9.82 Å². The van der Waals surface area contributed by atoms with Gasteiger partial charge in [-0.25, -0.2) is 0 Å². The number of rotatable bonds is 4. The van der Waals surface area contributed by atoms with Crippen LogP contribution in [0.2, 0.25) is 5.02 Å². The number of halogens is 1. The van der Waals surface area contributed by atoms with E-state index in [2.05, 4.69) is 50.5 Å². The van der Waals surface area contributed by atoms with E-state index < -0.39 is 0 Å². The molecule has 0 bridgehead atoms. The highest BCUT2D eigenvalue weighted by Gasteiger charge is 2.12. The SMILES string of the molecule is CC(C)SCc1cc2cc(Cl)ccc2n1C(C)C. The zero-order valence-electron chi connectivity index (χ0n) is 11.4. The van der Waals surface area contributed by atoms with E-state index in [4.69, 9.17) is 11.6 Å². The molecule has 0 aliphatic heterocycles. The quantitative estimate of drug-likeness (QED) is 0.714. The zero-order valence-corrected chi connectivity index (χ0v) is 13.0. The Kier molecular flexibility index (Phi) is 4.29. The van der Waals surface area contributed by atoms with E-state index in [1.54, 1.807) is 0 Å². The molecule has 1 aromatic heterocycles. The van der Waals surface area contributed by atoms with E-state index in [0.29, 0.717) is 11.3 Å². The zero-order chi connectivity index (χ0) is 13.3. The van der Waals surface area contributed by atoms with Crippen LogP contribution in [0.25, 0.3) is 10.9 Å². The summed E-state index contributed by atoms with van der Waals surface area (Å²) >= 11 is 8.05. The third-order valence-corrected chi connectivity index (χ3v) is 4.33. The fourth-order valence-electron chi connectivity index (χ4n) is 2.24. The summed E-state index contributed by atoms with van der Waals surface area (Å²) in [4.78, 5) is 0. The lowest BCUT2D eigenvalue weighted by molar-refractivity contribution is 0.606. The fourth-order valence-corrected chi connectivity index (χ4v) is 3.14. The fraction of sp³-hybridized carbons (Fsp3) is 0.467. The topological polar surface area (TPSA) is 4.93 Å². The predicted molar refractivity (Wildman–Crippen MR) is 83.8 cm³/mol. The van der Waals surface area contributed by atoms with Crippen molar-refractivity contribution in [3.63, 3.8) is 0 Å². The third kappa shape index (κ3) is 2.86. The van der Waals surface area contributed by atoms with Crippen LogP contribution in [0.3, 0.4) is 0 Å². The lowest BCUT2D eigenvalue weighted by Crippen LogP contribution is -2.05. The third-order valence-electron chi connectivity index (χ3n) is 2.96. The predicted octanol–water partition coefficient (Wildman–Crippen LogP) is 5.52. The number of hydrogen-bond acceptors (Lipinski definition) is 1. The van der Waals surface area contributed by atoms with Crippen LogP contribution in [0.5, 0.6) is 0 Å². The molecule has 0 N–H and O–H groups in total. The Bertz CT molecular complexity index is 543. The van der Waals surface area contributed by atoms with Gasteiger partial charge in [0.2, 0.25) is 0 Å². The van der Waals surface area contributed by atoms with Crippen molar-refractivity contribution in [3.05, 3.63) is 35.0 Å². The molecule has 0 saturated carbocycles. The van der Waals surface area contributed by atoms with Gasteiger partial charge in [0.05, 0.1) is 0 Å². The van der Waals surface area contributed by atoms with Crippen molar-refractivity contribution in [2.45, 2.75) is 44.7 Å². The van der Waals surface area contributed by atoms with Crippen LogP contribution in [0.4, 0.5) is 0 Å². The van der Waals surface area contributed by atoms with Gasteiger partial charge in [-0.3, -0.25) is 0 Å². The lowest BCUT2D eigenvalue weighted by Gasteiger charge is -2.15. The van der Waals surface area contributed by atoms with Gasteiger partial charge >= 0.3 is 0 Å². The second-order valence-electron chi connectivity index (χ2n) is 5.16. The summed E-state index contributed by atoms with van der Waals surface area (Å²) in [5.41, 5.74) is 2.68. The molecule has 98 valence electrons. The molecule has 0 aliphatic carbocycles. The van der Waals surface area contributed by atoms with E-state index in [0.717, 1.165) is 10.8 Å². The first-order valence-corrected chi connectivity index (χ1v) is 7.82. The summed E-state index contributed by atoms with van der Waals surface area (Å²) in [6.07, 6.45) is 0. The summed E-state index contributed by atoms with van der Waals surface area (Å²) in [7, 11) is 0. The Balaban J connectivity index is 2.47. The first-order chi connectivity index (χ1) is 8.49. The second-order valence-corrected chi connectivity index (χ2v) is 7.16. The molecule has 18 heavy (non-hydrogen) atoms. The van der Waals surface area contributed by atoms with Crippen molar-refractivity contribution >= 4 is 34.3 Å². The minimum Gasteiger partial charge on any atom is -0.341 e. The van der Waals surface area contributed by atoms with Gasteiger partial charge in [-0.15, -0.1) is 0 Å². The molecule has 1 heterocycles. The molecular weight excluding hydrogens is 262 g/mol. The molecule has 3 heteroatoms. The number of aromatic nitrogens is 1. The molecule has 0 amide bonds. The number of hydrogen-bond donors (Lipinski definition) is 0. The first-order valence-electron chi connectivity index (χ1n) is 6.40. The van der Waals surface area contributed by atoms with E-state index in [1.165, 1.54) is 16.6 Å². The smallest absolute Gasteiger partial charge is 0.0486 e. The van der Waals surface area contributed by atoms with Crippen molar-refractivity contribution in [2.24, 2.45) is 0 Å². The molecule has 0 spiro atoms. The second kappa shape index (κ2) is 5.58. The Morgan fingerprint density at radius 2 is 1.89 bits per heavy atom. The van der Waals surface area contributed by atoms with E-state index in [9.17, 15) is 0 Å². The normalized spacial score (nSPS) is 11.9. The van der Waals surface area contributed by atoms with Gasteiger partial charge in [0.15, 0.2) is 0 Å². The number of thioether (sulfide) groups is 1. The van der Waals surface area contributed by atoms with Crippen molar-refractivity contribution in [2.75, 3.05) is 0 Å². The van der Waals surface area contributed by atoms with Gasteiger partial charge < -0.3 is 4.57 Å². The summed E-state index contributed by atoms with van der Waals surface area (Å²) in [6, 6.07) is 8.91. The molecular formula is C15H20ClNS. The van der Waals surface area contributed by atoms with E-state index in [1.807, 2.05) is 17.8 Å². The highest BCUT2D eigenvalue weighted by molar-refractivity contribution is 7.99. The van der Waals surface area contributed by atoms with Crippen molar-refractivity contribution < 1.29 is 0 Å². The molecule has 0 aliphatic rings. The summed E-state index contributed by atoms with van der Waals surface area (Å²) in [5, 5.41) is 2.72. The first kappa shape index (κ1) is 13.8. The van der Waals surface area contributed by atoms with Crippen LogP contribution >= 0.6 is 23.4 Å². The number of fused-ring (bicyclic) bond motifs is 1. The minimum absolute atomic E-state index is 0.478. The van der Waals surface area contributed by atoms with E-state index >= 15 is 0 Å². The Morgan fingerprint density at radius 1 is 1.17 bits per heavy atom. The van der Waals surface area contributed by atoms with Gasteiger partial charge in [-0.2, -0.15) is 11.8 Å². The maximum Gasteiger partial charge on any atom is 0.0486 e. The Hall–Kier alpha value is -0.600. The molecule has 0 saturated heterocycles. The van der Waals surface area contributed by atoms with Gasteiger partial charge in [0.25, 0.3) is 0 Å². The Labute approximate surface area is 119 Å². The van der Waals surface area contributed by atoms with Crippen LogP contribution in [0.1, 0.15) is 39.4 Å². The standard InChI is InChI=1S/C15H20ClNS/c1-10(2)17-14(9-18-11(3)4)8-12-7-13(16)5-6-15(12)17/h5-8,10-11H,9H2,1-4H3. The molecule has 0 radical (unpaired) electrons. The molecule has 0 fully saturated rings. The van der Waals surface area contributed by atoms with E-state index in [-0.39, 0.29) is 0 Å². The van der Waals surface area contributed by atoms with Gasteiger partial charge in [0.1, 0.15) is 0 Å². The van der Waals surface area contributed by atoms with Crippen molar-refractivity contribution in [1.82, 2.24) is 4.57 Å². The van der Waals surface area contributed by atoms with Crippen LogP contribution < -0.4 is 0 Å². The van der Waals surface area contributed by atoms with Gasteiger partial charge in [-0.05, 0) is 43.4 Å². The minimum atomic E-state index is 0.478. The van der Waals surface area contributed by atoms with Crippen LogP contribution in [0, 0.1) is 0 Å². The highest BCUT2D eigenvalue weighted by atomic mass is 35.5. The molecule has 1 nitrogen and oxygen atoms in total. The monoisotopic (exact) mass is 281 g/mol. The maximum atomic E-state index is 6.07. The molecule has 2 aromatic rings. The number of nitrogens with zero attached hydrogens (tertiary/aromatic N) is 1.